The van der Waals surface area contributed by atoms with Gasteiger partial charge in [0.25, 0.3) is 11.8 Å². The lowest BCUT2D eigenvalue weighted by Gasteiger charge is -2.06. The van der Waals surface area contributed by atoms with Gasteiger partial charge in [-0.3, -0.25) is 14.0 Å². The summed E-state index contributed by atoms with van der Waals surface area (Å²) in [6, 6.07) is 15.4. The highest BCUT2D eigenvalue weighted by molar-refractivity contribution is 6.02. The van der Waals surface area contributed by atoms with Crippen molar-refractivity contribution in [3.63, 3.8) is 0 Å². The van der Waals surface area contributed by atoms with E-state index in [1.165, 1.54) is 0 Å². The number of amides is 2. The molecule has 28 heavy (non-hydrogen) atoms. The number of hydrogen-bond acceptors (Lipinski definition) is 3. The second-order valence-corrected chi connectivity index (χ2v) is 7.17. The van der Waals surface area contributed by atoms with Gasteiger partial charge in [0, 0.05) is 19.3 Å². The number of benzene rings is 1. The molecule has 0 saturated heterocycles. The van der Waals surface area contributed by atoms with Crippen LogP contribution in [0.2, 0.25) is 0 Å². The molecule has 0 bridgehead atoms. The standard InChI is InChI=1S/C22H26N4O2/c1-16(2)11-13-24-22(28)20-25-19(18-10-6-7-15-26(18)20)21(27)23-14-12-17-8-4-3-5-9-17/h3-10,15-16H,11-14H2,1-2H3,(H,23,27)(H,24,28). The Kier molecular flexibility index (Phi) is 6.42. The van der Waals surface area contributed by atoms with E-state index in [0.717, 1.165) is 18.4 Å². The van der Waals surface area contributed by atoms with E-state index < -0.39 is 0 Å². The number of pyridine rings is 1. The molecule has 0 aliphatic rings. The first-order valence-electron chi connectivity index (χ1n) is 9.63. The third kappa shape index (κ3) is 4.76. The Morgan fingerprint density at radius 2 is 1.68 bits per heavy atom. The number of hydrogen-bond donors (Lipinski definition) is 2. The van der Waals surface area contributed by atoms with E-state index in [-0.39, 0.29) is 23.3 Å². The summed E-state index contributed by atoms with van der Waals surface area (Å²) in [7, 11) is 0. The Labute approximate surface area is 165 Å². The van der Waals surface area contributed by atoms with Crippen LogP contribution in [-0.4, -0.2) is 34.3 Å². The average molecular weight is 378 g/mol. The molecule has 0 radical (unpaired) electrons. The molecule has 0 spiro atoms. The lowest BCUT2D eigenvalue weighted by Crippen LogP contribution is -2.28. The maximum absolute atomic E-state index is 12.7. The molecule has 0 saturated carbocycles. The van der Waals surface area contributed by atoms with Gasteiger partial charge in [-0.15, -0.1) is 0 Å². The van der Waals surface area contributed by atoms with Gasteiger partial charge >= 0.3 is 0 Å². The maximum Gasteiger partial charge on any atom is 0.287 e. The van der Waals surface area contributed by atoms with Gasteiger partial charge in [-0.25, -0.2) is 4.98 Å². The van der Waals surface area contributed by atoms with Gasteiger partial charge in [0.2, 0.25) is 5.82 Å². The van der Waals surface area contributed by atoms with Crippen LogP contribution in [0, 0.1) is 5.92 Å². The quantitative estimate of drug-likeness (QED) is 0.632. The van der Waals surface area contributed by atoms with Crippen molar-refractivity contribution in [2.24, 2.45) is 5.92 Å². The molecular formula is C22H26N4O2. The Hall–Kier alpha value is -3.15. The van der Waals surface area contributed by atoms with Crippen LogP contribution in [0.25, 0.3) is 5.52 Å². The number of rotatable bonds is 8. The molecule has 3 rings (SSSR count). The van der Waals surface area contributed by atoms with Crippen LogP contribution in [0.4, 0.5) is 0 Å². The van der Waals surface area contributed by atoms with Crippen molar-refractivity contribution in [1.29, 1.82) is 0 Å². The summed E-state index contributed by atoms with van der Waals surface area (Å²) >= 11 is 0. The lowest BCUT2D eigenvalue weighted by molar-refractivity contribution is 0.0941. The van der Waals surface area contributed by atoms with Crippen LogP contribution >= 0.6 is 0 Å². The predicted molar refractivity (Wildman–Crippen MR) is 109 cm³/mol. The predicted octanol–water partition coefficient (Wildman–Crippen LogP) is 3.08. The molecule has 0 fully saturated rings. The molecule has 2 amide bonds. The highest BCUT2D eigenvalue weighted by atomic mass is 16.2. The zero-order valence-corrected chi connectivity index (χ0v) is 16.3. The fourth-order valence-corrected chi connectivity index (χ4v) is 2.97. The Bertz CT molecular complexity index is 948. The molecule has 0 aliphatic heterocycles. The minimum Gasteiger partial charge on any atom is -0.350 e. The van der Waals surface area contributed by atoms with Crippen LogP contribution in [0.1, 0.15) is 46.9 Å². The molecule has 3 aromatic rings. The Morgan fingerprint density at radius 1 is 0.964 bits per heavy atom. The summed E-state index contributed by atoms with van der Waals surface area (Å²) in [5.41, 5.74) is 2.04. The fraction of sp³-hybridized carbons (Fsp3) is 0.318. The van der Waals surface area contributed by atoms with Crippen molar-refractivity contribution in [3.05, 3.63) is 71.8 Å². The second-order valence-electron chi connectivity index (χ2n) is 7.17. The molecule has 6 nitrogen and oxygen atoms in total. The molecule has 6 heteroatoms. The number of nitrogens with zero attached hydrogens (tertiary/aromatic N) is 2. The van der Waals surface area contributed by atoms with Crippen molar-refractivity contribution < 1.29 is 9.59 Å². The first-order valence-corrected chi connectivity index (χ1v) is 9.63. The zero-order valence-electron chi connectivity index (χ0n) is 16.3. The number of nitrogens with one attached hydrogen (secondary N) is 2. The van der Waals surface area contributed by atoms with E-state index in [0.29, 0.717) is 24.5 Å². The van der Waals surface area contributed by atoms with Crippen molar-refractivity contribution >= 4 is 17.3 Å². The van der Waals surface area contributed by atoms with E-state index >= 15 is 0 Å². The monoisotopic (exact) mass is 378 g/mol. The van der Waals surface area contributed by atoms with Crippen LogP contribution in [0.5, 0.6) is 0 Å². The number of imidazole rings is 1. The zero-order chi connectivity index (χ0) is 19.9. The van der Waals surface area contributed by atoms with Gasteiger partial charge in [0.05, 0.1) is 5.52 Å². The average Bonchev–Trinajstić information content (AvgIpc) is 3.08. The molecule has 2 aromatic heterocycles. The number of fused-ring (bicyclic) bond motifs is 1. The van der Waals surface area contributed by atoms with Gasteiger partial charge in [0.1, 0.15) is 0 Å². The van der Waals surface area contributed by atoms with Crippen LogP contribution in [0.15, 0.2) is 54.7 Å². The van der Waals surface area contributed by atoms with Gasteiger partial charge in [0.15, 0.2) is 5.69 Å². The third-order valence-electron chi connectivity index (χ3n) is 4.52. The van der Waals surface area contributed by atoms with Crippen molar-refractivity contribution in [2.75, 3.05) is 13.1 Å². The Morgan fingerprint density at radius 3 is 2.43 bits per heavy atom. The first-order chi connectivity index (χ1) is 13.6. The fourth-order valence-electron chi connectivity index (χ4n) is 2.97. The van der Waals surface area contributed by atoms with E-state index in [4.69, 9.17) is 0 Å². The molecule has 0 aliphatic carbocycles. The third-order valence-corrected chi connectivity index (χ3v) is 4.52. The molecule has 2 heterocycles. The molecule has 0 unspecified atom stereocenters. The Balaban J connectivity index is 1.72. The maximum atomic E-state index is 12.7. The van der Waals surface area contributed by atoms with Crippen molar-refractivity contribution in [1.82, 2.24) is 20.0 Å². The smallest absolute Gasteiger partial charge is 0.287 e. The number of carbonyl (C=O) groups excluding carboxylic acids is 2. The van der Waals surface area contributed by atoms with Gasteiger partial charge in [-0.1, -0.05) is 50.2 Å². The minimum absolute atomic E-state index is 0.229. The lowest BCUT2D eigenvalue weighted by atomic mass is 10.1. The summed E-state index contributed by atoms with van der Waals surface area (Å²) in [5.74, 6) is 0.182. The minimum atomic E-state index is -0.277. The largest absolute Gasteiger partial charge is 0.350 e. The van der Waals surface area contributed by atoms with Gasteiger partial charge in [-0.05, 0) is 36.5 Å². The SMILES string of the molecule is CC(C)CCNC(=O)c1nc(C(=O)NCCc2ccccc2)c2ccccn12. The van der Waals surface area contributed by atoms with E-state index in [1.54, 1.807) is 16.7 Å². The topological polar surface area (TPSA) is 75.5 Å². The molecule has 0 atom stereocenters. The highest BCUT2D eigenvalue weighted by Crippen LogP contribution is 2.13. The second kappa shape index (κ2) is 9.17. The first kappa shape index (κ1) is 19.6. The summed E-state index contributed by atoms with van der Waals surface area (Å²) in [6.07, 6.45) is 3.38. The molecule has 1 aromatic carbocycles. The summed E-state index contributed by atoms with van der Waals surface area (Å²) < 4.78 is 1.66. The van der Waals surface area contributed by atoms with Gasteiger partial charge < -0.3 is 10.6 Å². The molecule has 146 valence electrons. The van der Waals surface area contributed by atoms with Crippen molar-refractivity contribution in [2.45, 2.75) is 26.7 Å². The molecule has 2 N–H and O–H groups in total. The number of carbonyl (C=O) groups is 2. The van der Waals surface area contributed by atoms with E-state index in [2.05, 4.69) is 29.5 Å². The highest BCUT2D eigenvalue weighted by Gasteiger charge is 2.21. The summed E-state index contributed by atoms with van der Waals surface area (Å²) in [4.78, 5) is 29.6. The summed E-state index contributed by atoms with van der Waals surface area (Å²) in [6.45, 7) is 5.30. The van der Waals surface area contributed by atoms with Crippen LogP contribution in [0.3, 0.4) is 0 Å². The summed E-state index contributed by atoms with van der Waals surface area (Å²) in [5, 5.41) is 5.79. The normalized spacial score (nSPS) is 11.0. The van der Waals surface area contributed by atoms with Gasteiger partial charge in [-0.2, -0.15) is 0 Å². The van der Waals surface area contributed by atoms with Crippen molar-refractivity contribution in [3.8, 4) is 0 Å². The van der Waals surface area contributed by atoms with E-state index in [9.17, 15) is 9.59 Å². The van der Waals surface area contributed by atoms with Crippen LogP contribution < -0.4 is 10.6 Å². The van der Waals surface area contributed by atoms with Crippen LogP contribution in [-0.2, 0) is 6.42 Å². The molecular weight excluding hydrogens is 352 g/mol. The number of aromatic nitrogens is 2. The van der Waals surface area contributed by atoms with E-state index in [1.807, 2.05) is 42.5 Å².